The van der Waals surface area contributed by atoms with E-state index < -0.39 is 6.29 Å². The molecule has 0 bridgehead atoms. The Morgan fingerprint density at radius 3 is 2.47 bits per heavy atom. The van der Waals surface area contributed by atoms with Crippen molar-refractivity contribution in [3.05, 3.63) is 34.6 Å². The van der Waals surface area contributed by atoms with E-state index in [-0.39, 0.29) is 11.9 Å². The molecule has 0 amide bonds. The summed E-state index contributed by atoms with van der Waals surface area (Å²) in [5.41, 5.74) is 3.08. The van der Waals surface area contributed by atoms with Crippen LogP contribution in [0.2, 0.25) is 5.02 Å². The van der Waals surface area contributed by atoms with Crippen LogP contribution < -0.4 is 11.3 Å². The standard InChI is InChI=1S/C13H20ClFN2O2/c1-3-18-13(19-4-2)12(17-16)8-9-7-10(14)5-6-11(9)15/h5-7,12-13,17H,3-4,8,16H2,1-2H3. The quantitative estimate of drug-likeness (QED) is 0.438. The summed E-state index contributed by atoms with van der Waals surface area (Å²) in [5.74, 6) is 5.18. The van der Waals surface area contributed by atoms with Crippen LogP contribution >= 0.6 is 11.6 Å². The van der Waals surface area contributed by atoms with Crippen LogP contribution in [-0.2, 0) is 15.9 Å². The van der Waals surface area contributed by atoms with Crippen LogP contribution in [-0.4, -0.2) is 25.5 Å². The average Bonchev–Trinajstić information content (AvgIpc) is 2.39. The highest BCUT2D eigenvalue weighted by atomic mass is 35.5. The van der Waals surface area contributed by atoms with Crippen LogP contribution in [0.1, 0.15) is 19.4 Å². The lowest BCUT2D eigenvalue weighted by molar-refractivity contribution is -0.153. The number of hydrogen-bond donors (Lipinski definition) is 2. The topological polar surface area (TPSA) is 56.5 Å². The van der Waals surface area contributed by atoms with Crippen molar-refractivity contribution in [3.63, 3.8) is 0 Å². The number of rotatable bonds is 8. The van der Waals surface area contributed by atoms with Gasteiger partial charge < -0.3 is 9.47 Å². The van der Waals surface area contributed by atoms with Gasteiger partial charge in [0.2, 0.25) is 0 Å². The van der Waals surface area contributed by atoms with Crippen molar-refractivity contribution >= 4 is 11.6 Å². The van der Waals surface area contributed by atoms with E-state index in [9.17, 15) is 4.39 Å². The fraction of sp³-hybridized carbons (Fsp3) is 0.538. The molecule has 0 heterocycles. The van der Waals surface area contributed by atoms with E-state index >= 15 is 0 Å². The summed E-state index contributed by atoms with van der Waals surface area (Å²) in [6.45, 7) is 4.70. The van der Waals surface area contributed by atoms with Gasteiger partial charge in [-0.1, -0.05) is 11.6 Å². The third-order valence-corrected chi connectivity index (χ3v) is 2.89. The fourth-order valence-electron chi connectivity index (χ4n) is 1.78. The summed E-state index contributed by atoms with van der Waals surface area (Å²) < 4.78 is 24.6. The normalized spacial score (nSPS) is 12.9. The van der Waals surface area contributed by atoms with Crippen LogP contribution in [0, 0.1) is 5.82 Å². The van der Waals surface area contributed by atoms with Gasteiger partial charge in [-0.15, -0.1) is 0 Å². The molecule has 1 rings (SSSR count). The highest BCUT2D eigenvalue weighted by Gasteiger charge is 2.22. The van der Waals surface area contributed by atoms with Gasteiger partial charge in [0.25, 0.3) is 0 Å². The Morgan fingerprint density at radius 1 is 1.32 bits per heavy atom. The maximum Gasteiger partial charge on any atom is 0.174 e. The van der Waals surface area contributed by atoms with Crippen LogP contribution in [0.25, 0.3) is 0 Å². The van der Waals surface area contributed by atoms with Gasteiger partial charge in [0.15, 0.2) is 6.29 Å². The van der Waals surface area contributed by atoms with Crippen LogP contribution in [0.15, 0.2) is 18.2 Å². The SMILES string of the molecule is CCOC(OCC)C(Cc1cc(Cl)ccc1F)NN. The van der Waals surface area contributed by atoms with Crippen LogP contribution in [0.4, 0.5) is 4.39 Å². The van der Waals surface area contributed by atoms with E-state index in [0.717, 1.165) is 0 Å². The molecular formula is C13H20ClFN2O2. The summed E-state index contributed by atoms with van der Waals surface area (Å²) in [6.07, 6.45) is -0.202. The van der Waals surface area contributed by atoms with Crippen molar-refractivity contribution in [2.45, 2.75) is 32.6 Å². The first-order valence-electron chi connectivity index (χ1n) is 6.25. The predicted molar refractivity (Wildman–Crippen MR) is 73.3 cm³/mol. The third-order valence-electron chi connectivity index (χ3n) is 2.65. The van der Waals surface area contributed by atoms with Crippen molar-refractivity contribution in [1.29, 1.82) is 0 Å². The van der Waals surface area contributed by atoms with Crippen LogP contribution in [0.5, 0.6) is 0 Å². The Labute approximate surface area is 118 Å². The molecule has 1 unspecified atom stereocenters. The third kappa shape index (κ3) is 5.04. The molecule has 0 saturated carbocycles. The predicted octanol–water partition coefficient (Wildman–Crippen LogP) is 2.25. The highest BCUT2D eigenvalue weighted by Crippen LogP contribution is 2.18. The van der Waals surface area contributed by atoms with Gasteiger partial charge in [-0.25, -0.2) is 4.39 Å². The smallest absolute Gasteiger partial charge is 0.174 e. The number of nitrogens with two attached hydrogens (primary N) is 1. The Balaban J connectivity index is 2.81. The molecule has 3 N–H and O–H groups in total. The maximum absolute atomic E-state index is 13.7. The van der Waals surface area contributed by atoms with Gasteiger partial charge in [0, 0.05) is 18.2 Å². The van der Waals surface area contributed by atoms with Gasteiger partial charge >= 0.3 is 0 Å². The molecule has 19 heavy (non-hydrogen) atoms. The lowest BCUT2D eigenvalue weighted by Crippen LogP contribution is -2.48. The van der Waals surface area contributed by atoms with E-state index in [2.05, 4.69) is 5.43 Å². The largest absolute Gasteiger partial charge is 0.351 e. The number of hydrogen-bond acceptors (Lipinski definition) is 4. The monoisotopic (exact) mass is 290 g/mol. The molecule has 0 saturated heterocycles. The van der Waals surface area contributed by atoms with E-state index in [0.29, 0.717) is 30.2 Å². The van der Waals surface area contributed by atoms with Crippen molar-refractivity contribution in [1.82, 2.24) is 5.43 Å². The lowest BCUT2D eigenvalue weighted by Gasteiger charge is -2.26. The second-order valence-corrected chi connectivity index (χ2v) is 4.43. The molecule has 1 aromatic rings. The summed E-state index contributed by atoms with van der Waals surface area (Å²) in [6, 6.07) is 4.07. The van der Waals surface area contributed by atoms with Crippen molar-refractivity contribution in [2.24, 2.45) is 5.84 Å². The Bertz CT molecular complexity index is 387. The molecule has 108 valence electrons. The molecule has 4 nitrogen and oxygen atoms in total. The van der Waals surface area contributed by atoms with E-state index in [1.807, 2.05) is 13.8 Å². The Hall–Kier alpha value is -0.720. The van der Waals surface area contributed by atoms with Gasteiger partial charge in [-0.3, -0.25) is 11.3 Å². The van der Waals surface area contributed by atoms with Crippen molar-refractivity contribution in [2.75, 3.05) is 13.2 Å². The second kappa shape index (κ2) is 8.45. The molecule has 1 atom stereocenters. The van der Waals surface area contributed by atoms with Crippen LogP contribution in [0.3, 0.4) is 0 Å². The van der Waals surface area contributed by atoms with Gasteiger partial charge in [-0.05, 0) is 44.0 Å². The lowest BCUT2D eigenvalue weighted by atomic mass is 10.1. The number of hydrazine groups is 1. The Morgan fingerprint density at radius 2 is 1.95 bits per heavy atom. The minimum atomic E-state index is -0.529. The average molecular weight is 291 g/mol. The summed E-state index contributed by atoms with van der Waals surface area (Å²) in [7, 11) is 0. The van der Waals surface area contributed by atoms with E-state index in [4.69, 9.17) is 26.9 Å². The zero-order valence-electron chi connectivity index (χ0n) is 11.2. The van der Waals surface area contributed by atoms with Crippen molar-refractivity contribution < 1.29 is 13.9 Å². The molecule has 0 aliphatic heterocycles. The summed E-state index contributed by atoms with van der Waals surface area (Å²) in [5, 5.41) is 0.483. The molecule has 0 aliphatic rings. The minimum Gasteiger partial charge on any atom is -0.351 e. The molecule has 0 spiro atoms. The first-order valence-corrected chi connectivity index (χ1v) is 6.63. The summed E-state index contributed by atoms with van der Waals surface area (Å²) in [4.78, 5) is 0. The molecule has 0 radical (unpaired) electrons. The zero-order chi connectivity index (χ0) is 14.3. The number of benzene rings is 1. The minimum absolute atomic E-state index is 0.323. The number of nitrogens with one attached hydrogen (secondary N) is 1. The molecular weight excluding hydrogens is 271 g/mol. The zero-order valence-corrected chi connectivity index (χ0v) is 11.9. The molecule has 1 aromatic carbocycles. The van der Waals surface area contributed by atoms with E-state index in [1.165, 1.54) is 12.1 Å². The second-order valence-electron chi connectivity index (χ2n) is 3.99. The van der Waals surface area contributed by atoms with Crippen molar-refractivity contribution in [3.8, 4) is 0 Å². The molecule has 0 fully saturated rings. The maximum atomic E-state index is 13.7. The first kappa shape index (κ1) is 16.3. The molecule has 0 aromatic heterocycles. The number of ether oxygens (including phenoxy) is 2. The molecule has 6 heteroatoms. The van der Waals surface area contributed by atoms with E-state index in [1.54, 1.807) is 6.07 Å². The Kier molecular flexibility index (Phi) is 7.27. The highest BCUT2D eigenvalue weighted by molar-refractivity contribution is 6.30. The molecule has 0 aliphatic carbocycles. The summed E-state index contributed by atoms with van der Waals surface area (Å²) >= 11 is 5.86. The first-order chi connectivity index (χ1) is 9.12. The van der Waals surface area contributed by atoms with Gasteiger partial charge in [-0.2, -0.15) is 0 Å². The number of halogens is 2. The van der Waals surface area contributed by atoms with Gasteiger partial charge in [0.1, 0.15) is 5.82 Å². The fourth-order valence-corrected chi connectivity index (χ4v) is 1.97. The van der Waals surface area contributed by atoms with Gasteiger partial charge in [0.05, 0.1) is 6.04 Å².